The molecule has 1 aromatic carbocycles. The molecule has 0 bridgehead atoms. The van der Waals surface area contributed by atoms with Crippen molar-refractivity contribution in [3.8, 4) is 0 Å². The van der Waals surface area contributed by atoms with E-state index < -0.39 is 21.5 Å². The predicted octanol–water partition coefficient (Wildman–Crippen LogP) is 0.601. The predicted molar refractivity (Wildman–Crippen MR) is 72.3 cm³/mol. The average molecular weight is 270 g/mol. The highest BCUT2D eigenvalue weighted by atomic mass is 32.2. The van der Waals surface area contributed by atoms with Gasteiger partial charge < -0.3 is 10.2 Å². The molecular formula is C12H18N2O3S. The van der Waals surface area contributed by atoms with Gasteiger partial charge in [-0.05, 0) is 12.1 Å². The number of para-hydroxylation sites is 1. The fourth-order valence-corrected chi connectivity index (χ4v) is 2.49. The molecule has 0 spiro atoms. The van der Waals surface area contributed by atoms with E-state index in [4.69, 9.17) is 0 Å². The highest BCUT2D eigenvalue weighted by Gasteiger charge is 2.17. The quantitative estimate of drug-likeness (QED) is 0.822. The van der Waals surface area contributed by atoms with E-state index in [9.17, 15) is 13.2 Å². The lowest BCUT2D eigenvalue weighted by atomic mass is 10.3. The molecule has 0 fully saturated rings. The normalized spacial score (nSPS) is 11.0. The van der Waals surface area contributed by atoms with Gasteiger partial charge in [-0.3, -0.25) is 4.79 Å². The van der Waals surface area contributed by atoms with E-state index in [1.165, 1.54) is 4.90 Å². The summed E-state index contributed by atoms with van der Waals surface area (Å²) in [5, 5.41) is 3.00. The van der Waals surface area contributed by atoms with Gasteiger partial charge in [0, 0.05) is 26.3 Å². The Kier molecular flexibility index (Phi) is 5.15. The number of hydrogen-bond acceptors (Lipinski definition) is 4. The Bertz CT molecular complexity index is 483. The van der Waals surface area contributed by atoms with Crippen molar-refractivity contribution in [2.75, 3.05) is 37.5 Å². The molecule has 18 heavy (non-hydrogen) atoms. The average Bonchev–Trinajstić information content (AvgIpc) is 2.29. The Labute approximate surface area is 108 Å². The third-order valence-corrected chi connectivity index (χ3v) is 3.87. The SMILES string of the molecule is CN(C)C(=O)CS(=O)(=O)CCNc1ccccc1. The van der Waals surface area contributed by atoms with Crippen LogP contribution in [0.4, 0.5) is 5.69 Å². The largest absolute Gasteiger partial charge is 0.384 e. The summed E-state index contributed by atoms with van der Waals surface area (Å²) in [6.07, 6.45) is 0. The molecule has 100 valence electrons. The summed E-state index contributed by atoms with van der Waals surface area (Å²) < 4.78 is 23.3. The van der Waals surface area contributed by atoms with Crippen LogP contribution >= 0.6 is 0 Å². The third kappa shape index (κ3) is 5.18. The van der Waals surface area contributed by atoms with Gasteiger partial charge in [-0.2, -0.15) is 0 Å². The van der Waals surface area contributed by atoms with Crippen molar-refractivity contribution < 1.29 is 13.2 Å². The Morgan fingerprint density at radius 1 is 1.22 bits per heavy atom. The molecule has 1 aromatic rings. The number of benzene rings is 1. The molecule has 5 nitrogen and oxygen atoms in total. The molecule has 6 heteroatoms. The molecule has 0 aliphatic carbocycles. The van der Waals surface area contributed by atoms with Crippen LogP contribution in [0.5, 0.6) is 0 Å². The zero-order valence-electron chi connectivity index (χ0n) is 10.6. The van der Waals surface area contributed by atoms with Gasteiger partial charge in [0.15, 0.2) is 9.84 Å². The molecular weight excluding hydrogens is 252 g/mol. The maximum atomic E-state index is 11.6. The van der Waals surface area contributed by atoms with E-state index >= 15 is 0 Å². The second-order valence-electron chi connectivity index (χ2n) is 4.17. The number of amides is 1. The molecule has 1 amide bonds. The van der Waals surface area contributed by atoms with E-state index in [0.29, 0.717) is 6.54 Å². The molecule has 0 aromatic heterocycles. The lowest BCUT2D eigenvalue weighted by molar-refractivity contribution is -0.125. The summed E-state index contributed by atoms with van der Waals surface area (Å²) in [6, 6.07) is 9.34. The van der Waals surface area contributed by atoms with Gasteiger partial charge in [-0.15, -0.1) is 0 Å². The number of anilines is 1. The summed E-state index contributed by atoms with van der Waals surface area (Å²) in [4.78, 5) is 12.6. The zero-order chi connectivity index (χ0) is 13.6. The standard InChI is InChI=1S/C12H18N2O3S/c1-14(2)12(15)10-18(16,17)9-8-13-11-6-4-3-5-7-11/h3-7,13H,8-10H2,1-2H3. The second kappa shape index (κ2) is 6.39. The first kappa shape index (κ1) is 14.5. The maximum Gasteiger partial charge on any atom is 0.237 e. The van der Waals surface area contributed by atoms with Crippen LogP contribution in [0.2, 0.25) is 0 Å². The van der Waals surface area contributed by atoms with Gasteiger partial charge in [0.1, 0.15) is 5.75 Å². The van der Waals surface area contributed by atoms with Crippen LogP contribution < -0.4 is 5.32 Å². The van der Waals surface area contributed by atoms with Gasteiger partial charge in [-0.1, -0.05) is 18.2 Å². The Morgan fingerprint density at radius 2 is 1.83 bits per heavy atom. The zero-order valence-corrected chi connectivity index (χ0v) is 11.4. The minimum absolute atomic E-state index is 0.0541. The van der Waals surface area contributed by atoms with Crippen molar-refractivity contribution in [1.29, 1.82) is 0 Å². The highest BCUT2D eigenvalue weighted by molar-refractivity contribution is 7.92. The minimum atomic E-state index is -3.35. The minimum Gasteiger partial charge on any atom is -0.384 e. The fourth-order valence-electron chi connectivity index (χ4n) is 1.30. The van der Waals surface area contributed by atoms with Crippen molar-refractivity contribution in [2.24, 2.45) is 0 Å². The van der Waals surface area contributed by atoms with Crippen LogP contribution in [0.15, 0.2) is 30.3 Å². The molecule has 0 saturated heterocycles. The number of hydrogen-bond donors (Lipinski definition) is 1. The van der Waals surface area contributed by atoms with Crippen molar-refractivity contribution in [1.82, 2.24) is 4.90 Å². The number of sulfone groups is 1. The highest BCUT2D eigenvalue weighted by Crippen LogP contribution is 2.04. The van der Waals surface area contributed by atoms with Crippen LogP contribution in [-0.4, -0.2) is 51.4 Å². The maximum absolute atomic E-state index is 11.6. The lowest BCUT2D eigenvalue weighted by Gasteiger charge is -2.11. The molecule has 0 saturated carbocycles. The number of carbonyl (C=O) groups excluding carboxylic acids is 1. The van der Waals surface area contributed by atoms with E-state index in [1.54, 1.807) is 14.1 Å². The fraction of sp³-hybridized carbons (Fsp3) is 0.417. The lowest BCUT2D eigenvalue weighted by Crippen LogP contribution is -2.31. The van der Waals surface area contributed by atoms with Gasteiger partial charge in [0.05, 0.1) is 5.75 Å². The molecule has 0 unspecified atom stereocenters. The first-order valence-electron chi connectivity index (χ1n) is 5.60. The first-order chi connectivity index (χ1) is 8.41. The number of nitrogens with zero attached hydrogens (tertiary/aromatic N) is 1. The summed E-state index contributed by atoms with van der Waals surface area (Å²) >= 11 is 0. The van der Waals surface area contributed by atoms with Crippen molar-refractivity contribution in [3.63, 3.8) is 0 Å². The molecule has 1 rings (SSSR count). The second-order valence-corrected chi connectivity index (χ2v) is 6.36. The molecule has 0 aliphatic heterocycles. The third-order valence-electron chi connectivity index (χ3n) is 2.36. The Morgan fingerprint density at radius 3 is 2.39 bits per heavy atom. The van der Waals surface area contributed by atoms with Gasteiger partial charge in [0.2, 0.25) is 5.91 Å². The number of rotatable bonds is 6. The summed E-state index contributed by atoms with van der Waals surface area (Å²) in [5.41, 5.74) is 0.867. The number of carbonyl (C=O) groups is 1. The van der Waals surface area contributed by atoms with E-state index in [2.05, 4.69) is 5.32 Å². The van der Waals surface area contributed by atoms with Crippen LogP contribution in [0.25, 0.3) is 0 Å². The summed E-state index contributed by atoms with van der Waals surface area (Å²) in [5.74, 6) is -0.882. The smallest absolute Gasteiger partial charge is 0.237 e. The summed E-state index contributed by atoms with van der Waals surface area (Å²) in [7, 11) is -0.266. The van der Waals surface area contributed by atoms with E-state index in [0.717, 1.165) is 5.69 Å². The molecule has 1 N–H and O–H groups in total. The molecule has 0 heterocycles. The van der Waals surface area contributed by atoms with Crippen LogP contribution in [0.3, 0.4) is 0 Å². The van der Waals surface area contributed by atoms with Crippen LogP contribution in [0.1, 0.15) is 0 Å². The first-order valence-corrected chi connectivity index (χ1v) is 7.42. The molecule has 0 radical (unpaired) electrons. The molecule has 0 atom stereocenters. The van der Waals surface area contributed by atoms with Gasteiger partial charge >= 0.3 is 0 Å². The van der Waals surface area contributed by atoms with Gasteiger partial charge in [-0.25, -0.2) is 8.42 Å². The van der Waals surface area contributed by atoms with Crippen molar-refractivity contribution >= 4 is 21.4 Å². The van der Waals surface area contributed by atoms with E-state index in [1.807, 2.05) is 30.3 Å². The van der Waals surface area contributed by atoms with Gasteiger partial charge in [0.25, 0.3) is 0 Å². The van der Waals surface area contributed by atoms with Crippen LogP contribution in [0, 0.1) is 0 Å². The topological polar surface area (TPSA) is 66.5 Å². The Balaban J connectivity index is 2.41. The molecule has 0 aliphatic rings. The van der Waals surface area contributed by atoms with Crippen molar-refractivity contribution in [3.05, 3.63) is 30.3 Å². The van der Waals surface area contributed by atoms with E-state index in [-0.39, 0.29) is 5.75 Å². The monoisotopic (exact) mass is 270 g/mol. The summed E-state index contributed by atoms with van der Waals surface area (Å²) in [6.45, 7) is 0.299. The van der Waals surface area contributed by atoms with Crippen molar-refractivity contribution in [2.45, 2.75) is 0 Å². The Hall–Kier alpha value is -1.56. The van der Waals surface area contributed by atoms with Crippen LogP contribution in [-0.2, 0) is 14.6 Å². The number of nitrogens with one attached hydrogen (secondary N) is 1.